The van der Waals surface area contributed by atoms with E-state index in [0.29, 0.717) is 12.3 Å². The molecule has 0 fully saturated rings. The van der Waals surface area contributed by atoms with Gasteiger partial charge in [-0.3, -0.25) is 14.7 Å². The minimum atomic E-state index is -0.726. The number of aliphatic hydroxyl groups is 1. The molecule has 156 valence electrons. The maximum absolute atomic E-state index is 12.9. The molecular weight excluding hydrogens is 378 g/mol. The van der Waals surface area contributed by atoms with Gasteiger partial charge in [-0.25, -0.2) is 0 Å². The minimum Gasteiger partial charge on any atom is -0.479 e. The Labute approximate surface area is 176 Å². The molecule has 2 heterocycles. The molecule has 1 aromatic heterocycles. The second kappa shape index (κ2) is 8.81. The molecule has 2 aromatic carbocycles. The fourth-order valence-corrected chi connectivity index (χ4v) is 3.95. The van der Waals surface area contributed by atoms with Gasteiger partial charge < -0.3 is 15.2 Å². The van der Waals surface area contributed by atoms with Gasteiger partial charge in [0.2, 0.25) is 0 Å². The van der Waals surface area contributed by atoms with Gasteiger partial charge in [-0.2, -0.15) is 0 Å². The largest absolute Gasteiger partial charge is 0.479 e. The second-order valence-electron chi connectivity index (χ2n) is 7.77. The van der Waals surface area contributed by atoms with Crippen molar-refractivity contribution in [1.82, 2.24) is 15.2 Å². The van der Waals surface area contributed by atoms with Crippen LogP contribution in [0.15, 0.2) is 60.8 Å². The van der Waals surface area contributed by atoms with Crippen LogP contribution in [0.3, 0.4) is 0 Å². The SMILES string of the molecule is CC(O)C(NC(=O)[C@@H](C)Oc1cccc2cccnc12)N1CCc2ccccc2C1. The number of amides is 1. The highest BCUT2D eigenvalue weighted by Gasteiger charge is 2.30. The highest BCUT2D eigenvalue weighted by Crippen LogP contribution is 2.24. The Morgan fingerprint density at radius 1 is 1.10 bits per heavy atom. The van der Waals surface area contributed by atoms with Gasteiger partial charge >= 0.3 is 0 Å². The summed E-state index contributed by atoms with van der Waals surface area (Å²) in [6.45, 7) is 4.87. The van der Waals surface area contributed by atoms with E-state index >= 15 is 0 Å². The molecule has 4 rings (SSSR count). The van der Waals surface area contributed by atoms with Crippen LogP contribution in [0, 0.1) is 0 Å². The fraction of sp³-hybridized carbons (Fsp3) is 0.333. The Hall–Kier alpha value is -2.96. The number of carbonyl (C=O) groups is 1. The van der Waals surface area contributed by atoms with Crippen LogP contribution in [0.5, 0.6) is 5.75 Å². The molecule has 1 amide bonds. The first kappa shape index (κ1) is 20.3. The van der Waals surface area contributed by atoms with Gasteiger partial charge in [0.1, 0.15) is 17.4 Å². The van der Waals surface area contributed by atoms with Crippen LogP contribution in [0.25, 0.3) is 10.9 Å². The van der Waals surface area contributed by atoms with Crippen LogP contribution < -0.4 is 10.1 Å². The predicted octanol–water partition coefficient (Wildman–Crippen LogP) is 2.88. The Morgan fingerprint density at radius 2 is 1.87 bits per heavy atom. The highest BCUT2D eigenvalue weighted by molar-refractivity contribution is 5.85. The summed E-state index contributed by atoms with van der Waals surface area (Å²) >= 11 is 0. The number of aliphatic hydroxyl groups excluding tert-OH is 1. The lowest BCUT2D eigenvalue weighted by Gasteiger charge is -2.37. The smallest absolute Gasteiger partial charge is 0.262 e. The van der Waals surface area contributed by atoms with E-state index in [-0.39, 0.29) is 5.91 Å². The topological polar surface area (TPSA) is 74.7 Å². The number of nitrogens with one attached hydrogen (secondary N) is 1. The maximum Gasteiger partial charge on any atom is 0.262 e. The molecule has 1 aliphatic rings. The quantitative estimate of drug-likeness (QED) is 0.660. The van der Waals surface area contributed by atoms with Gasteiger partial charge in [0.25, 0.3) is 5.91 Å². The molecule has 2 N–H and O–H groups in total. The molecule has 0 saturated heterocycles. The molecule has 0 saturated carbocycles. The summed E-state index contributed by atoms with van der Waals surface area (Å²) in [5.41, 5.74) is 3.28. The molecule has 6 heteroatoms. The number of ether oxygens (including phenoxy) is 1. The maximum atomic E-state index is 12.9. The lowest BCUT2D eigenvalue weighted by molar-refractivity contribution is -0.131. The number of fused-ring (bicyclic) bond motifs is 2. The molecular formula is C24H27N3O3. The number of aromatic nitrogens is 1. The van der Waals surface area contributed by atoms with Gasteiger partial charge in [-0.1, -0.05) is 42.5 Å². The Bertz CT molecular complexity index is 1030. The van der Waals surface area contributed by atoms with Gasteiger partial charge in [-0.15, -0.1) is 0 Å². The van der Waals surface area contributed by atoms with Crippen LogP contribution in [0.1, 0.15) is 25.0 Å². The Morgan fingerprint density at radius 3 is 2.67 bits per heavy atom. The number of hydrogen-bond donors (Lipinski definition) is 2. The Balaban J connectivity index is 1.45. The number of carbonyl (C=O) groups excluding carboxylic acids is 1. The van der Waals surface area contributed by atoms with Gasteiger partial charge in [0, 0.05) is 24.7 Å². The van der Waals surface area contributed by atoms with E-state index < -0.39 is 18.4 Å². The highest BCUT2D eigenvalue weighted by atomic mass is 16.5. The first-order valence-corrected chi connectivity index (χ1v) is 10.3. The van der Waals surface area contributed by atoms with Gasteiger partial charge in [0.15, 0.2) is 6.10 Å². The third kappa shape index (κ3) is 4.30. The van der Waals surface area contributed by atoms with Crippen molar-refractivity contribution < 1.29 is 14.6 Å². The Kier molecular flexibility index (Phi) is 5.97. The zero-order chi connectivity index (χ0) is 21.1. The van der Waals surface area contributed by atoms with Crippen molar-refractivity contribution in [3.63, 3.8) is 0 Å². The van der Waals surface area contributed by atoms with Gasteiger partial charge in [-0.05, 0) is 43.5 Å². The summed E-state index contributed by atoms with van der Waals surface area (Å²) in [4.78, 5) is 19.4. The summed E-state index contributed by atoms with van der Waals surface area (Å²) in [5.74, 6) is 0.295. The summed E-state index contributed by atoms with van der Waals surface area (Å²) in [7, 11) is 0. The number of benzene rings is 2. The van der Waals surface area contributed by atoms with Gasteiger partial charge in [0.05, 0.1) is 6.10 Å². The van der Waals surface area contributed by atoms with Crippen molar-refractivity contribution in [3.05, 3.63) is 71.9 Å². The van der Waals surface area contributed by atoms with E-state index in [1.807, 2.05) is 42.5 Å². The summed E-state index contributed by atoms with van der Waals surface area (Å²) in [6.07, 6.45) is 0.671. The number of pyridine rings is 1. The van der Waals surface area contributed by atoms with Crippen molar-refractivity contribution in [3.8, 4) is 5.75 Å². The molecule has 2 unspecified atom stereocenters. The number of nitrogens with zero attached hydrogens (tertiary/aromatic N) is 2. The molecule has 30 heavy (non-hydrogen) atoms. The van der Waals surface area contributed by atoms with Crippen molar-refractivity contribution in [2.45, 2.75) is 45.2 Å². The molecule has 0 spiro atoms. The first-order chi connectivity index (χ1) is 14.5. The lowest BCUT2D eigenvalue weighted by Crippen LogP contribution is -2.57. The molecule has 0 aliphatic carbocycles. The van der Waals surface area contributed by atoms with Crippen molar-refractivity contribution in [2.75, 3.05) is 6.54 Å². The van der Waals surface area contributed by atoms with Crippen LogP contribution >= 0.6 is 0 Å². The molecule has 1 aliphatic heterocycles. The average molecular weight is 405 g/mol. The predicted molar refractivity (Wildman–Crippen MR) is 116 cm³/mol. The third-order valence-corrected chi connectivity index (χ3v) is 5.57. The van der Waals surface area contributed by atoms with E-state index in [4.69, 9.17) is 4.74 Å². The van der Waals surface area contributed by atoms with E-state index in [2.05, 4.69) is 27.3 Å². The normalized spacial score (nSPS) is 17.0. The first-order valence-electron chi connectivity index (χ1n) is 10.3. The molecule has 3 atom stereocenters. The van der Waals surface area contributed by atoms with Crippen LogP contribution in [-0.4, -0.2) is 45.8 Å². The molecule has 0 bridgehead atoms. The van der Waals surface area contributed by atoms with Crippen molar-refractivity contribution in [1.29, 1.82) is 0 Å². The lowest BCUT2D eigenvalue weighted by atomic mass is 9.99. The molecule has 3 aromatic rings. The van der Waals surface area contributed by atoms with Crippen LogP contribution in [0.4, 0.5) is 0 Å². The van der Waals surface area contributed by atoms with E-state index in [1.54, 1.807) is 20.0 Å². The van der Waals surface area contributed by atoms with Crippen molar-refractivity contribution in [2.24, 2.45) is 0 Å². The summed E-state index contributed by atoms with van der Waals surface area (Å²) < 4.78 is 5.94. The monoisotopic (exact) mass is 405 g/mol. The zero-order valence-electron chi connectivity index (χ0n) is 17.3. The number of rotatable bonds is 6. The van der Waals surface area contributed by atoms with Crippen molar-refractivity contribution >= 4 is 16.8 Å². The van der Waals surface area contributed by atoms with Crippen LogP contribution in [-0.2, 0) is 17.8 Å². The van der Waals surface area contributed by atoms with E-state index in [1.165, 1.54) is 11.1 Å². The molecule has 6 nitrogen and oxygen atoms in total. The minimum absolute atomic E-state index is 0.271. The average Bonchev–Trinajstić information content (AvgIpc) is 2.77. The number of hydrogen-bond acceptors (Lipinski definition) is 5. The second-order valence-corrected chi connectivity index (χ2v) is 7.77. The molecule has 0 radical (unpaired) electrons. The number of para-hydroxylation sites is 1. The zero-order valence-corrected chi connectivity index (χ0v) is 17.3. The third-order valence-electron chi connectivity index (χ3n) is 5.57. The standard InChI is InChI=1S/C24H27N3O3/c1-16(28)23(27-14-12-18-7-3-4-8-20(18)15-27)26-24(29)17(2)30-21-11-5-9-19-10-6-13-25-22(19)21/h3-11,13,16-17,23,28H,12,14-15H2,1-2H3,(H,26,29)/t16?,17-,23?/m1/s1. The summed E-state index contributed by atoms with van der Waals surface area (Å²) in [5, 5.41) is 14.3. The van der Waals surface area contributed by atoms with Crippen LogP contribution in [0.2, 0.25) is 0 Å². The van der Waals surface area contributed by atoms with E-state index in [0.717, 1.165) is 23.9 Å². The fourth-order valence-electron chi connectivity index (χ4n) is 3.95. The summed E-state index contributed by atoms with van der Waals surface area (Å²) in [6, 6.07) is 17.8. The van der Waals surface area contributed by atoms with E-state index in [9.17, 15) is 9.90 Å².